The van der Waals surface area contributed by atoms with E-state index in [1.54, 1.807) is 13.8 Å². The van der Waals surface area contributed by atoms with Crippen LogP contribution < -0.4 is 10.6 Å². The summed E-state index contributed by atoms with van der Waals surface area (Å²) in [5.41, 5.74) is -0.110. The summed E-state index contributed by atoms with van der Waals surface area (Å²) in [7, 11) is 0. The van der Waals surface area contributed by atoms with E-state index in [0.29, 0.717) is 5.82 Å². The van der Waals surface area contributed by atoms with Crippen molar-refractivity contribution < 1.29 is 13.2 Å². The molecule has 6 nitrogen and oxygen atoms in total. The quantitative estimate of drug-likeness (QED) is 0.673. The number of benzene rings is 1. The van der Waals surface area contributed by atoms with Crippen molar-refractivity contribution in [1.82, 2.24) is 20.2 Å². The number of nitrogens with one attached hydrogen (secondary N) is 3. The van der Waals surface area contributed by atoms with Crippen LogP contribution in [0, 0.1) is 0 Å². The van der Waals surface area contributed by atoms with Crippen molar-refractivity contribution in [3.8, 4) is 0 Å². The summed E-state index contributed by atoms with van der Waals surface area (Å²) >= 11 is 0. The normalized spacial score (nSPS) is 11.9. The zero-order chi connectivity index (χ0) is 17.3. The molecule has 24 heavy (non-hydrogen) atoms. The molecule has 0 saturated carbocycles. The molecule has 3 aromatic rings. The summed E-state index contributed by atoms with van der Waals surface area (Å²) in [5.74, 6) is 0.207. The van der Waals surface area contributed by atoms with E-state index in [1.807, 2.05) is 24.3 Å². The van der Waals surface area contributed by atoms with Gasteiger partial charge in [0.05, 0.1) is 5.52 Å². The van der Waals surface area contributed by atoms with E-state index < -0.39 is 11.7 Å². The average Bonchev–Trinajstić information content (AvgIpc) is 2.89. The highest BCUT2D eigenvalue weighted by molar-refractivity contribution is 5.90. The van der Waals surface area contributed by atoms with Crippen molar-refractivity contribution in [2.45, 2.75) is 26.1 Å². The van der Waals surface area contributed by atoms with Crippen molar-refractivity contribution in [3.63, 3.8) is 0 Å². The Hall–Kier alpha value is -2.84. The van der Waals surface area contributed by atoms with Gasteiger partial charge in [-0.15, -0.1) is 0 Å². The highest BCUT2D eigenvalue weighted by Crippen LogP contribution is 2.34. The number of halogens is 3. The molecule has 0 saturated heterocycles. The van der Waals surface area contributed by atoms with Crippen LogP contribution in [0.3, 0.4) is 0 Å². The molecule has 0 aliphatic heterocycles. The minimum atomic E-state index is -4.53. The maximum absolute atomic E-state index is 13.1. The van der Waals surface area contributed by atoms with Gasteiger partial charge < -0.3 is 10.6 Å². The van der Waals surface area contributed by atoms with Crippen LogP contribution in [-0.4, -0.2) is 26.2 Å². The van der Waals surface area contributed by atoms with E-state index in [0.717, 1.165) is 17.1 Å². The molecule has 0 atom stereocenters. The van der Waals surface area contributed by atoms with Crippen LogP contribution in [-0.2, 0) is 6.18 Å². The van der Waals surface area contributed by atoms with Crippen LogP contribution >= 0.6 is 0 Å². The summed E-state index contributed by atoms with van der Waals surface area (Å²) in [6.45, 7) is 3.47. The van der Waals surface area contributed by atoms with Gasteiger partial charge >= 0.3 is 6.18 Å². The zero-order valence-corrected chi connectivity index (χ0v) is 12.9. The van der Waals surface area contributed by atoms with Gasteiger partial charge in [-0.3, -0.25) is 5.10 Å². The fraction of sp³-hybridized carbons (Fsp3) is 0.267. The molecule has 3 rings (SSSR count). The number of alkyl halides is 3. The largest absolute Gasteiger partial charge is 0.421 e. The van der Waals surface area contributed by atoms with Gasteiger partial charge in [0, 0.05) is 17.6 Å². The molecular weight excluding hydrogens is 321 g/mol. The predicted molar refractivity (Wildman–Crippen MR) is 85.2 cm³/mol. The third-order valence-corrected chi connectivity index (χ3v) is 3.22. The summed E-state index contributed by atoms with van der Waals surface area (Å²) in [6, 6.07) is 7.15. The highest BCUT2D eigenvalue weighted by Gasteiger charge is 2.35. The first-order chi connectivity index (χ1) is 11.3. The SMILES string of the molecule is CC(C)Nc1nc(Nc2n[nH]c3ccccc23)ncc1C(F)(F)F. The molecule has 0 spiro atoms. The lowest BCUT2D eigenvalue weighted by Crippen LogP contribution is -2.18. The molecule has 3 N–H and O–H groups in total. The summed E-state index contributed by atoms with van der Waals surface area (Å²) < 4.78 is 39.2. The number of para-hydroxylation sites is 1. The van der Waals surface area contributed by atoms with Crippen molar-refractivity contribution in [3.05, 3.63) is 36.0 Å². The number of nitrogens with zero attached hydrogens (tertiary/aromatic N) is 3. The minimum Gasteiger partial charge on any atom is -0.367 e. The van der Waals surface area contributed by atoms with Gasteiger partial charge in [0.15, 0.2) is 5.82 Å². The Bertz CT molecular complexity index is 856. The lowest BCUT2D eigenvalue weighted by Gasteiger charge is -2.16. The van der Waals surface area contributed by atoms with Crippen molar-refractivity contribution in [1.29, 1.82) is 0 Å². The summed E-state index contributed by atoms with van der Waals surface area (Å²) in [4.78, 5) is 7.71. The van der Waals surface area contributed by atoms with Gasteiger partial charge in [-0.1, -0.05) is 12.1 Å². The second-order valence-corrected chi connectivity index (χ2v) is 5.50. The van der Waals surface area contributed by atoms with E-state index in [-0.39, 0.29) is 17.8 Å². The fourth-order valence-corrected chi connectivity index (χ4v) is 2.20. The topological polar surface area (TPSA) is 78.5 Å². The Morgan fingerprint density at radius 2 is 1.88 bits per heavy atom. The lowest BCUT2D eigenvalue weighted by atomic mass is 10.2. The number of aromatic amines is 1. The molecule has 0 radical (unpaired) electrons. The van der Waals surface area contributed by atoms with E-state index >= 15 is 0 Å². The Morgan fingerprint density at radius 3 is 2.58 bits per heavy atom. The monoisotopic (exact) mass is 336 g/mol. The van der Waals surface area contributed by atoms with E-state index in [9.17, 15) is 13.2 Å². The zero-order valence-electron chi connectivity index (χ0n) is 12.9. The van der Waals surface area contributed by atoms with Gasteiger partial charge in [-0.05, 0) is 26.0 Å². The van der Waals surface area contributed by atoms with Crippen molar-refractivity contribution >= 4 is 28.5 Å². The van der Waals surface area contributed by atoms with E-state index in [1.165, 1.54) is 0 Å². The molecule has 126 valence electrons. The molecule has 0 bridgehead atoms. The maximum atomic E-state index is 13.1. The fourth-order valence-electron chi connectivity index (χ4n) is 2.20. The number of rotatable bonds is 4. The average molecular weight is 336 g/mol. The number of fused-ring (bicyclic) bond motifs is 1. The van der Waals surface area contributed by atoms with Crippen LogP contribution in [0.15, 0.2) is 30.5 Å². The number of aromatic nitrogens is 4. The Kier molecular flexibility index (Phi) is 4.00. The first-order valence-electron chi connectivity index (χ1n) is 7.25. The van der Waals surface area contributed by atoms with Gasteiger partial charge in [0.2, 0.25) is 5.95 Å². The Labute approximate surface area is 135 Å². The predicted octanol–water partition coefficient (Wildman–Crippen LogP) is 3.94. The van der Waals surface area contributed by atoms with Crippen molar-refractivity contribution in [2.75, 3.05) is 10.6 Å². The standard InChI is InChI=1S/C15H15F3N6/c1-8(2)20-13-10(15(16,17)18)7-19-14(22-13)21-12-9-5-3-4-6-11(9)23-24-12/h3-8H,1-2H3,(H3,19,20,21,22,23,24). The highest BCUT2D eigenvalue weighted by atomic mass is 19.4. The lowest BCUT2D eigenvalue weighted by molar-refractivity contribution is -0.137. The molecular formula is C15H15F3N6. The van der Waals surface area contributed by atoms with Gasteiger partial charge in [-0.2, -0.15) is 23.3 Å². The number of H-pyrrole nitrogens is 1. The second-order valence-electron chi connectivity index (χ2n) is 5.50. The van der Waals surface area contributed by atoms with Crippen molar-refractivity contribution in [2.24, 2.45) is 0 Å². The first kappa shape index (κ1) is 16.0. The Balaban J connectivity index is 1.96. The molecule has 9 heteroatoms. The third-order valence-electron chi connectivity index (χ3n) is 3.22. The van der Waals surface area contributed by atoms with Crippen LogP contribution in [0.2, 0.25) is 0 Å². The number of hydrogen-bond donors (Lipinski definition) is 3. The molecule has 0 aliphatic rings. The van der Waals surface area contributed by atoms with Gasteiger partial charge in [0.1, 0.15) is 11.4 Å². The van der Waals surface area contributed by atoms with Crippen LogP contribution in [0.4, 0.5) is 30.8 Å². The number of anilines is 3. The van der Waals surface area contributed by atoms with Crippen LogP contribution in [0.1, 0.15) is 19.4 Å². The number of hydrogen-bond acceptors (Lipinski definition) is 5. The van der Waals surface area contributed by atoms with Gasteiger partial charge in [0.25, 0.3) is 0 Å². The summed E-state index contributed by atoms with van der Waals surface area (Å²) in [5, 5.41) is 13.3. The molecule has 0 aliphatic carbocycles. The molecule has 0 amide bonds. The molecule has 1 aromatic carbocycles. The maximum Gasteiger partial charge on any atom is 0.421 e. The van der Waals surface area contributed by atoms with E-state index in [2.05, 4.69) is 30.8 Å². The smallest absolute Gasteiger partial charge is 0.367 e. The molecule has 2 aromatic heterocycles. The second kappa shape index (κ2) is 5.99. The molecule has 0 unspecified atom stereocenters. The summed E-state index contributed by atoms with van der Waals surface area (Å²) in [6.07, 6.45) is -3.77. The van der Waals surface area contributed by atoms with Gasteiger partial charge in [-0.25, -0.2) is 4.98 Å². The Morgan fingerprint density at radius 1 is 1.12 bits per heavy atom. The first-order valence-corrected chi connectivity index (χ1v) is 7.25. The molecule has 2 heterocycles. The van der Waals surface area contributed by atoms with Crippen LogP contribution in [0.5, 0.6) is 0 Å². The minimum absolute atomic E-state index is 0.0309. The van der Waals surface area contributed by atoms with E-state index in [4.69, 9.17) is 0 Å². The molecule has 0 fully saturated rings. The third kappa shape index (κ3) is 3.24. The van der Waals surface area contributed by atoms with Crippen LogP contribution in [0.25, 0.3) is 10.9 Å².